The van der Waals surface area contributed by atoms with Gasteiger partial charge in [-0.2, -0.15) is 13.2 Å². The Bertz CT molecular complexity index is 1280. The number of nitrogens with zero attached hydrogens (tertiary/aromatic N) is 1. The molecule has 0 aliphatic heterocycles. The van der Waals surface area contributed by atoms with Crippen molar-refractivity contribution < 1.29 is 41.7 Å². The molecular weight excluding hydrogens is 537 g/mol. The Morgan fingerprint density at radius 3 is 2.54 bits per heavy atom. The van der Waals surface area contributed by atoms with Gasteiger partial charge in [-0.05, 0) is 36.2 Å². The van der Waals surface area contributed by atoms with Crippen LogP contribution in [0.2, 0.25) is 5.02 Å². The van der Waals surface area contributed by atoms with Crippen LogP contribution >= 0.6 is 22.9 Å². The topological polar surface area (TPSA) is 96.0 Å². The average molecular weight is 561 g/mol. The number of anilines is 1. The Labute approximate surface area is 219 Å². The molecule has 0 atom stereocenters. The van der Waals surface area contributed by atoms with Crippen LogP contribution in [0, 0.1) is 0 Å². The van der Waals surface area contributed by atoms with E-state index in [4.69, 9.17) is 30.5 Å². The third-order valence-electron chi connectivity index (χ3n) is 5.03. The Kier molecular flexibility index (Phi) is 9.71. The molecule has 0 radical (unpaired) electrons. The summed E-state index contributed by atoms with van der Waals surface area (Å²) in [6.45, 7) is 2.97. The summed E-state index contributed by atoms with van der Waals surface area (Å²) in [5.41, 5.74) is 0.293. The molecule has 0 aliphatic carbocycles. The average Bonchev–Trinajstić information content (AvgIpc) is 3.23. The molecule has 0 spiro atoms. The van der Waals surface area contributed by atoms with E-state index in [9.17, 15) is 22.8 Å². The number of thiazole rings is 1. The molecule has 200 valence electrons. The van der Waals surface area contributed by atoms with E-state index >= 15 is 0 Å². The van der Waals surface area contributed by atoms with Gasteiger partial charge >= 0.3 is 12.1 Å². The second-order valence-electron chi connectivity index (χ2n) is 7.69. The Balaban J connectivity index is 1.94. The van der Waals surface area contributed by atoms with Crippen molar-refractivity contribution in [3.63, 3.8) is 0 Å². The predicted octanol–water partition coefficient (Wildman–Crippen LogP) is 5.85. The third-order valence-corrected chi connectivity index (χ3v) is 6.17. The van der Waals surface area contributed by atoms with Crippen LogP contribution in [0.4, 0.5) is 18.3 Å². The number of methoxy groups -OCH3 is 1. The van der Waals surface area contributed by atoms with Crippen molar-refractivity contribution in [3.05, 3.63) is 51.5 Å². The van der Waals surface area contributed by atoms with Gasteiger partial charge < -0.3 is 18.9 Å². The first-order chi connectivity index (χ1) is 17.5. The first-order valence-corrected chi connectivity index (χ1v) is 12.2. The predicted molar refractivity (Wildman–Crippen MR) is 132 cm³/mol. The van der Waals surface area contributed by atoms with Crippen LogP contribution in [-0.2, 0) is 38.2 Å². The van der Waals surface area contributed by atoms with Gasteiger partial charge in [0.15, 0.2) is 5.13 Å². The molecular formula is C24H24ClF3N2O6S. The Morgan fingerprint density at radius 2 is 1.89 bits per heavy atom. The van der Waals surface area contributed by atoms with Gasteiger partial charge in [0.2, 0.25) is 6.79 Å². The molecule has 1 aromatic heterocycles. The molecule has 1 amide bonds. The highest BCUT2D eigenvalue weighted by Crippen LogP contribution is 2.37. The van der Waals surface area contributed by atoms with Gasteiger partial charge in [-0.1, -0.05) is 29.9 Å². The molecule has 0 saturated carbocycles. The van der Waals surface area contributed by atoms with Gasteiger partial charge in [0.1, 0.15) is 5.75 Å². The van der Waals surface area contributed by atoms with Crippen LogP contribution in [0.5, 0.6) is 5.75 Å². The van der Waals surface area contributed by atoms with Crippen LogP contribution < -0.4 is 10.1 Å². The molecule has 3 aromatic rings. The minimum absolute atomic E-state index is 0.0508. The van der Waals surface area contributed by atoms with Crippen molar-refractivity contribution in [1.29, 1.82) is 0 Å². The van der Waals surface area contributed by atoms with Crippen molar-refractivity contribution in [3.8, 4) is 5.75 Å². The zero-order chi connectivity index (χ0) is 27.2. The number of hydrogen-bond acceptors (Lipinski definition) is 8. The second-order valence-corrected chi connectivity index (χ2v) is 9.16. The summed E-state index contributed by atoms with van der Waals surface area (Å²) >= 11 is 7.07. The van der Waals surface area contributed by atoms with Crippen LogP contribution in [0.3, 0.4) is 0 Å². The third kappa shape index (κ3) is 7.54. The minimum Gasteiger partial charge on any atom is -0.456 e. The fourth-order valence-electron chi connectivity index (χ4n) is 3.34. The fourth-order valence-corrected chi connectivity index (χ4v) is 4.53. The summed E-state index contributed by atoms with van der Waals surface area (Å²) in [6, 6.07) is 4.95. The SMILES string of the molecule is CCc1cc(Cl)cc(C(=O)Nc2nc3c(COCCOC)cc(C(F)(F)F)cc3s2)c1OCOC(C)=O. The van der Waals surface area contributed by atoms with Crippen molar-refractivity contribution in [2.75, 3.05) is 32.4 Å². The number of fused-ring (bicyclic) bond motifs is 1. The zero-order valence-corrected chi connectivity index (χ0v) is 21.7. The first-order valence-electron chi connectivity index (χ1n) is 11.0. The Hall–Kier alpha value is -2.93. The molecule has 13 heteroatoms. The lowest BCUT2D eigenvalue weighted by atomic mass is 10.1. The van der Waals surface area contributed by atoms with Gasteiger partial charge in [-0.3, -0.25) is 14.9 Å². The molecule has 0 fully saturated rings. The van der Waals surface area contributed by atoms with Gasteiger partial charge in [-0.25, -0.2) is 4.98 Å². The van der Waals surface area contributed by atoms with Crippen LogP contribution in [0.25, 0.3) is 10.2 Å². The van der Waals surface area contributed by atoms with Gasteiger partial charge in [0, 0.05) is 24.6 Å². The smallest absolute Gasteiger partial charge is 0.416 e. The number of benzene rings is 2. The molecule has 37 heavy (non-hydrogen) atoms. The number of amides is 1. The fraction of sp³-hybridized carbons (Fsp3) is 0.375. The number of halogens is 4. The van der Waals surface area contributed by atoms with E-state index in [1.165, 1.54) is 20.1 Å². The van der Waals surface area contributed by atoms with Crippen molar-refractivity contribution in [1.82, 2.24) is 4.98 Å². The maximum atomic E-state index is 13.5. The molecule has 8 nitrogen and oxygen atoms in total. The Morgan fingerprint density at radius 1 is 1.14 bits per heavy atom. The summed E-state index contributed by atoms with van der Waals surface area (Å²) in [7, 11) is 1.48. The van der Waals surface area contributed by atoms with Gasteiger partial charge in [0.25, 0.3) is 5.91 Å². The molecule has 0 saturated heterocycles. The minimum atomic E-state index is -4.58. The monoisotopic (exact) mass is 560 g/mol. The second kappa shape index (κ2) is 12.5. The molecule has 1 N–H and O–H groups in total. The number of aromatic nitrogens is 1. The maximum absolute atomic E-state index is 13.5. The number of carbonyl (C=O) groups is 2. The summed E-state index contributed by atoms with van der Waals surface area (Å²) in [5.74, 6) is -1.05. The highest BCUT2D eigenvalue weighted by molar-refractivity contribution is 7.22. The maximum Gasteiger partial charge on any atom is 0.416 e. The number of carbonyl (C=O) groups excluding carboxylic acids is 2. The number of rotatable bonds is 11. The number of nitrogens with one attached hydrogen (secondary N) is 1. The molecule has 0 bridgehead atoms. The summed E-state index contributed by atoms with van der Waals surface area (Å²) < 4.78 is 61.3. The largest absolute Gasteiger partial charge is 0.456 e. The van der Waals surface area contributed by atoms with Crippen molar-refractivity contribution in [2.45, 2.75) is 33.1 Å². The quantitative estimate of drug-likeness (QED) is 0.179. The van der Waals surface area contributed by atoms with Crippen LogP contribution in [0.1, 0.15) is 40.9 Å². The van der Waals surface area contributed by atoms with Crippen LogP contribution in [0.15, 0.2) is 24.3 Å². The van der Waals surface area contributed by atoms with E-state index < -0.39 is 30.4 Å². The van der Waals surface area contributed by atoms with E-state index in [0.717, 1.165) is 23.5 Å². The molecule has 0 unspecified atom stereocenters. The summed E-state index contributed by atoms with van der Waals surface area (Å²) in [6.07, 6.45) is -4.11. The van der Waals surface area contributed by atoms with Gasteiger partial charge in [0.05, 0.1) is 41.2 Å². The highest BCUT2D eigenvalue weighted by Gasteiger charge is 2.32. The van der Waals surface area contributed by atoms with E-state index in [-0.39, 0.29) is 57.1 Å². The lowest BCUT2D eigenvalue weighted by Gasteiger charge is -2.15. The van der Waals surface area contributed by atoms with E-state index in [0.29, 0.717) is 12.0 Å². The van der Waals surface area contributed by atoms with E-state index in [2.05, 4.69) is 10.3 Å². The highest BCUT2D eigenvalue weighted by atomic mass is 35.5. The number of aryl methyl sites for hydroxylation is 1. The summed E-state index contributed by atoms with van der Waals surface area (Å²) in [4.78, 5) is 28.6. The molecule has 2 aromatic carbocycles. The number of ether oxygens (including phenoxy) is 4. The van der Waals surface area contributed by atoms with E-state index in [1.54, 1.807) is 6.07 Å². The van der Waals surface area contributed by atoms with Crippen molar-refractivity contribution in [2.24, 2.45) is 0 Å². The molecule has 1 heterocycles. The number of esters is 1. The van der Waals surface area contributed by atoms with E-state index in [1.807, 2.05) is 6.92 Å². The first kappa shape index (κ1) is 28.6. The molecule has 0 aliphatic rings. The standard InChI is InChI=1S/C24H24ClF3N2O6S/c1-4-14-8-17(25)10-18(21(14)36-12-35-13(2)31)22(32)30-23-29-20-15(11-34-6-5-33-3)7-16(24(26,27)28)9-19(20)37-23/h7-10H,4-6,11-12H2,1-3H3,(H,29,30,32). The van der Waals surface area contributed by atoms with Crippen LogP contribution in [-0.4, -0.2) is 44.0 Å². The van der Waals surface area contributed by atoms with Crippen molar-refractivity contribution >= 4 is 50.2 Å². The summed E-state index contributed by atoms with van der Waals surface area (Å²) in [5, 5.41) is 2.95. The lowest BCUT2D eigenvalue weighted by molar-refractivity contribution is -0.147. The molecule has 3 rings (SSSR count). The normalized spacial score (nSPS) is 11.5. The number of hydrogen-bond donors (Lipinski definition) is 1. The zero-order valence-electron chi connectivity index (χ0n) is 20.2. The number of alkyl halides is 3. The van der Waals surface area contributed by atoms with Gasteiger partial charge in [-0.15, -0.1) is 0 Å². The lowest BCUT2D eigenvalue weighted by Crippen LogP contribution is -2.16.